The average molecular weight is 343 g/mol. The summed E-state index contributed by atoms with van der Waals surface area (Å²) in [7, 11) is 0. The standard InChI is InChI=1S/C14H23BrN4O/c1-10(2)9-19-14(20)13(15)12(8-17-19)18-5-3-11(7-16)4-6-18/h8,10-11H,3-7,9,16H2,1-2H3. The summed E-state index contributed by atoms with van der Waals surface area (Å²) in [6.45, 7) is 7.43. The van der Waals surface area contributed by atoms with Crippen molar-refractivity contribution < 1.29 is 0 Å². The van der Waals surface area contributed by atoms with Crippen LogP contribution in [0.4, 0.5) is 5.69 Å². The van der Waals surface area contributed by atoms with Gasteiger partial charge in [-0.05, 0) is 47.2 Å². The molecule has 0 saturated carbocycles. The molecule has 0 atom stereocenters. The number of nitrogens with two attached hydrogens (primary N) is 1. The quantitative estimate of drug-likeness (QED) is 0.906. The van der Waals surface area contributed by atoms with Crippen molar-refractivity contribution in [2.24, 2.45) is 17.6 Å². The smallest absolute Gasteiger partial charge is 0.283 e. The number of hydrogen-bond donors (Lipinski definition) is 1. The third kappa shape index (κ3) is 3.41. The molecule has 2 rings (SSSR count). The number of halogens is 1. The lowest BCUT2D eigenvalue weighted by molar-refractivity contribution is 0.412. The van der Waals surface area contributed by atoms with E-state index in [4.69, 9.17) is 5.73 Å². The molecule has 1 aromatic rings. The number of aromatic nitrogens is 2. The molecular formula is C14H23BrN4O. The van der Waals surface area contributed by atoms with Crippen LogP contribution in [-0.2, 0) is 6.54 Å². The number of nitrogens with zero attached hydrogens (tertiary/aromatic N) is 3. The highest BCUT2D eigenvalue weighted by Gasteiger charge is 2.21. The molecule has 0 spiro atoms. The maximum absolute atomic E-state index is 12.3. The Morgan fingerprint density at radius 3 is 2.65 bits per heavy atom. The zero-order valence-electron chi connectivity index (χ0n) is 12.2. The van der Waals surface area contributed by atoms with E-state index in [0.717, 1.165) is 38.2 Å². The van der Waals surface area contributed by atoms with E-state index < -0.39 is 0 Å². The third-order valence-electron chi connectivity index (χ3n) is 3.79. The average Bonchev–Trinajstić information content (AvgIpc) is 2.44. The van der Waals surface area contributed by atoms with Crippen molar-refractivity contribution in [2.75, 3.05) is 24.5 Å². The van der Waals surface area contributed by atoms with Crippen molar-refractivity contribution in [1.82, 2.24) is 9.78 Å². The topological polar surface area (TPSA) is 64.2 Å². The predicted molar refractivity (Wildman–Crippen MR) is 85.0 cm³/mol. The molecule has 20 heavy (non-hydrogen) atoms. The summed E-state index contributed by atoms with van der Waals surface area (Å²) in [4.78, 5) is 14.5. The summed E-state index contributed by atoms with van der Waals surface area (Å²) in [5.41, 5.74) is 6.58. The van der Waals surface area contributed by atoms with Gasteiger partial charge >= 0.3 is 0 Å². The highest BCUT2D eigenvalue weighted by molar-refractivity contribution is 9.10. The van der Waals surface area contributed by atoms with Gasteiger partial charge in [-0.1, -0.05) is 13.8 Å². The Kier molecular flexibility index (Phi) is 5.21. The van der Waals surface area contributed by atoms with Crippen LogP contribution in [0.2, 0.25) is 0 Å². The van der Waals surface area contributed by atoms with Gasteiger partial charge in [-0.15, -0.1) is 0 Å². The fraction of sp³-hybridized carbons (Fsp3) is 0.714. The Balaban J connectivity index is 2.18. The second kappa shape index (κ2) is 6.72. The van der Waals surface area contributed by atoms with E-state index in [9.17, 15) is 4.79 Å². The molecule has 2 heterocycles. The molecule has 0 unspecified atom stereocenters. The Labute approximate surface area is 128 Å². The Morgan fingerprint density at radius 2 is 2.10 bits per heavy atom. The van der Waals surface area contributed by atoms with Crippen molar-refractivity contribution in [2.45, 2.75) is 33.2 Å². The monoisotopic (exact) mass is 342 g/mol. The molecule has 1 fully saturated rings. The lowest BCUT2D eigenvalue weighted by Gasteiger charge is -2.33. The van der Waals surface area contributed by atoms with E-state index in [1.807, 2.05) is 0 Å². The molecule has 1 aliphatic heterocycles. The molecular weight excluding hydrogens is 320 g/mol. The highest BCUT2D eigenvalue weighted by Crippen LogP contribution is 2.26. The number of hydrogen-bond acceptors (Lipinski definition) is 4. The Morgan fingerprint density at radius 1 is 1.45 bits per heavy atom. The van der Waals surface area contributed by atoms with Gasteiger partial charge in [0.1, 0.15) is 4.47 Å². The van der Waals surface area contributed by atoms with Crippen LogP contribution in [-0.4, -0.2) is 29.4 Å². The summed E-state index contributed by atoms with van der Waals surface area (Å²) < 4.78 is 2.16. The maximum Gasteiger partial charge on any atom is 0.283 e. The fourth-order valence-electron chi connectivity index (χ4n) is 2.56. The Bertz CT molecular complexity index is 506. The van der Waals surface area contributed by atoms with Crippen LogP contribution in [0.15, 0.2) is 15.5 Å². The van der Waals surface area contributed by atoms with Gasteiger partial charge in [-0.3, -0.25) is 4.79 Å². The second-order valence-electron chi connectivity index (χ2n) is 5.89. The van der Waals surface area contributed by atoms with Crippen LogP contribution in [0.3, 0.4) is 0 Å². The van der Waals surface area contributed by atoms with Crippen LogP contribution < -0.4 is 16.2 Å². The summed E-state index contributed by atoms with van der Waals surface area (Å²) >= 11 is 3.45. The van der Waals surface area contributed by atoms with E-state index in [-0.39, 0.29) is 5.56 Å². The van der Waals surface area contributed by atoms with Crippen LogP contribution in [0.5, 0.6) is 0 Å². The van der Waals surface area contributed by atoms with Gasteiger partial charge in [0.2, 0.25) is 0 Å². The summed E-state index contributed by atoms with van der Waals surface area (Å²) in [5.74, 6) is 1.01. The first-order chi connectivity index (χ1) is 9.52. The second-order valence-corrected chi connectivity index (χ2v) is 6.68. The zero-order valence-corrected chi connectivity index (χ0v) is 13.8. The van der Waals surface area contributed by atoms with Gasteiger partial charge < -0.3 is 10.6 Å². The minimum Gasteiger partial charge on any atom is -0.369 e. The summed E-state index contributed by atoms with van der Waals surface area (Å²) in [6.07, 6.45) is 3.96. The van der Waals surface area contributed by atoms with Gasteiger partial charge in [0, 0.05) is 19.6 Å². The van der Waals surface area contributed by atoms with Gasteiger partial charge in [0.25, 0.3) is 5.56 Å². The van der Waals surface area contributed by atoms with Crippen molar-refractivity contribution in [3.05, 3.63) is 21.0 Å². The number of piperidine rings is 1. The number of rotatable bonds is 4. The highest BCUT2D eigenvalue weighted by atomic mass is 79.9. The molecule has 1 aliphatic rings. The van der Waals surface area contributed by atoms with E-state index in [2.05, 4.69) is 39.8 Å². The first kappa shape index (κ1) is 15.5. The first-order valence-corrected chi connectivity index (χ1v) is 8.02. The molecule has 1 saturated heterocycles. The van der Waals surface area contributed by atoms with E-state index in [1.165, 1.54) is 4.68 Å². The molecule has 5 nitrogen and oxygen atoms in total. The minimum absolute atomic E-state index is 0.0443. The molecule has 0 aromatic carbocycles. The SMILES string of the molecule is CC(C)Cn1ncc(N2CCC(CN)CC2)c(Br)c1=O. The predicted octanol–water partition coefficient (Wildman–Crippen LogP) is 1.84. The van der Waals surface area contributed by atoms with Gasteiger partial charge in [0.15, 0.2) is 0 Å². The van der Waals surface area contributed by atoms with Crippen molar-refractivity contribution in [1.29, 1.82) is 0 Å². The first-order valence-electron chi connectivity index (χ1n) is 7.23. The maximum atomic E-state index is 12.3. The van der Waals surface area contributed by atoms with Crippen molar-refractivity contribution in [3.63, 3.8) is 0 Å². The minimum atomic E-state index is -0.0443. The van der Waals surface area contributed by atoms with Crippen LogP contribution in [0, 0.1) is 11.8 Å². The molecule has 0 radical (unpaired) electrons. The zero-order chi connectivity index (χ0) is 14.7. The molecule has 2 N–H and O–H groups in total. The molecule has 6 heteroatoms. The Hall–Kier alpha value is -0.880. The van der Waals surface area contributed by atoms with Gasteiger partial charge in [-0.25, -0.2) is 4.68 Å². The summed E-state index contributed by atoms with van der Waals surface area (Å²) in [5, 5.41) is 4.30. The van der Waals surface area contributed by atoms with Crippen LogP contribution in [0.25, 0.3) is 0 Å². The lowest BCUT2D eigenvalue weighted by atomic mass is 9.97. The fourth-order valence-corrected chi connectivity index (χ4v) is 3.12. The molecule has 0 amide bonds. The van der Waals surface area contributed by atoms with Crippen molar-refractivity contribution >= 4 is 21.6 Å². The molecule has 0 aliphatic carbocycles. The largest absolute Gasteiger partial charge is 0.369 e. The normalized spacial score (nSPS) is 16.9. The van der Waals surface area contributed by atoms with E-state index >= 15 is 0 Å². The molecule has 0 bridgehead atoms. The third-order valence-corrected chi connectivity index (χ3v) is 4.54. The molecule has 1 aromatic heterocycles. The lowest BCUT2D eigenvalue weighted by Crippen LogP contribution is -2.38. The van der Waals surface area contributed by atoms with Crippen LogP contribution in [0.1, 0.15) is 26.7 Å². The summed E-state index contributed by atoms with van der Waals surface area (Å²) in [6, 6.07) is 0. The van der Waals surface area contributed by atoms with Gasteiger partial charge in [0.05, 0.1) is 11.9 Å². The van der Waals surface area contributed by atoms with Crippen molar-refractivity contribution in [3.8, 4) is 0 Å². The van der Waals surface area contributed by atoms with E-state index in [0.29, 0.717) is 22.9 Å². The van der Waals surface area contributed by atoms with E-state index in [1.54, 1.807) is 6.20 Å². The van der Waals surface area contributed by atoms with Gasteiger partial charge in [-0.2, -0.15) is 5.10 Å². The number of anilines is 1. The van der Waals surface area contributed by atoms with Crippen LogP contribution >= 0.6 is 15.9 Å². The molecule has 112 valence electrons.